The largest absolute Gasteiger partial charge is 0.480 e. The molecule has 336 valence electrons. The van der Waals surface area contributed by atoms with E-state index in [-0.39, 0.29) is 41.9 Å². The highest BCUT2D eigenvalue weighted by Crippen LogP contribution is 2.06. The summed E-state index contributed by atoms with van der Waals surface area (Å²) in [6, 6.07) is -0.883. The SMILES string of the molecule is NCCCCCC(=O)NCCCCCC(=O)NCCCCCC(=O)NCCCCCC(=O)NCCCCCC(=O)NCCCCCC(=O)N[C@@H](CCCCN)C(=O)O. The van der Waals surface area contributed by atoms with Crippen molar-refractivity contribution in [2.75, 3.05) is 45.8 Å². The van der Waals surface area contributed by atoms with Gasteiger partial charge in [0.1, 0.15) is 6.04 Å². The molecule has 0 fully saturated rings. The van der Waals surface area contributed by atoms with Gasteiger partial charge in [-0.25, -0.2) is 4.79 Å². The van der Waals surface area contributed by atoms with Gasteiger partial charge in [-0.05, 0) is 109 Å². The molecule has 0 aromatic rings. The Morgan fingerprint density at radius 1 is 0.345 bits per heavy atom. The first-order valence-corrected chi connectivity index (χ1v) is 22.3. The first-order chi connectivity index (χ1) is 28.1. The third kappa shape index (κ3) is 37.8. The number of hydrogen-bond donors (Lipinski definition) is 9. The van der Waals surface area contributed by atoms with Crippen LogP contribution in [0.3, 0.4) is 0 Å². The highest BCUT2D eigenvalue weighted by molar-refractivity contribution is 5.83. The molecule has 0 aliphatic rings. The minimum atomic E-state index is -1.04. The third-order valence-electron chi connectivity index (χ3n) is 9.70. The van der Waals surface area contributed by atoms with Gasteiger partial charge >= 0.3 is 5.97 Å². The van der Waals surface area contributed by atoms with Crippen LogP contribution >= 0.6 is 0 Å². The molecule has 0 bridgehead atoms. The van der Waals surface area contributed by atoms with E-state index in [1.54, 1.807) is 0 Å². The van der Waals surface area contributed by atoms with Crippen molar-refractivity contribution in [2.24, 2.45) is 11.5 Å². The highest BCUT2D eigenvalue weighted by atomic mass is 16.4. The molecular weight excluding hydrogens is 745 g/mol. The fourth-order valence-electron chi connectivity index (χ4n) is 6.14. The lowest BCUT2D eigenvalue weighted by molar-refractivity contribution is -0.142. The third-order valence-corrected chi connectivity index (χ3v) is 9.70. The summed E-state index contributed by atoms with van der Waals surface area (Å²) < 4.78 is 0. The molecule has 58 heavy (non-hydrogen) atoms. The van der Waals surface area contributed by atoms with Gasteiger partial charge < -0.3 is 48.5 Å². The Bertz CT molecular complexity index is 1130. The molecule has 0 aliphatic carbocycles. The van der Waals surface area contributed by atoms with Crippen LogP contribution in [0, 0.1) is 0 Å². The Balaban J connectivity index is 3.55. The number of carbonyl (C=O) groups excluding carboxylic acids is 6. The predicted molar refractivity (Wildman–Crippen MR) is 227 cm³/mol. The van der Waals surface area contributed by atoms with Crippen molar-refractivity contribution < 1.29 is 38.7 Å². The van der Waals surface area contributed by atoms with Crippen molar-refractivity contribution >= 4 is 41.4 Å². The van der Waals surface area contributed by atoms with Crippen LogP contribution in [-0.4, -0.2) is 98.4 Å². The lowest BCUT2D eigenvalue weighted by atomic mass is 10.1. The Kier molecular flexibility index (Phi) is 37.4. The number of nitrogens with one attached hydrogen (secondary N) is 6. The van der Waals surface area contributed by atoms with Gasteiger partial charge in [0.05, 0.1) is 0 Å². The summed E-state index contributed by atoms with van der Waals surface area (Å²) in [4.78, 5) is 83.4. The number of hydrogen-bond acceptors (Lipinski definition) is 9. The predicted octanol–water partition coefficient (Wildman–Crippen LogP) is 3.59. The van der Waals surface area contributed by atoms with Crippen molar-refractivity contribution in [3.63, 3.8) is 0 Å². The summed E-state index contributed by atoms with van der Waals surface area (Å²) in [5, 5.41) is 26.5. The molecule has 16 heteroatoms. The summed E-state index contributed by atoms with van der Waals surface area (Å²) in [6.45, 7) is 4.13. The smallest absolute Gasteiger partial charge is 0.326 e. The van der Waals surface area contributed by atoms with E-state index in [0.717, 1.165) is 116 Å². The number of rotatable bonds is 41. The minimum Gasteiger partial charge on any atom is -0.480 e. The number of aliphatic carboxylic acids is 1. The summed E-state index contributed by atoms with van der Waals surface area (Å²) in [5.41, 5.74) is 10.9. The Morgan fingerprint density at radius 2 is 0.603 bits per heavy atom. The van der Waals surface area contributed by atoms with Gasteiger partial charge in [-0.2, -0.15) is 0 Å². The van der Waals surface area contributed by atoms with Crippen molar-refractivity contribution in [1.29, 1.82) is 0 Å². The van der Waals surface area contributed by atoms with E-state index >= 15 is 0 Å². The normalized spacial score (nSPS) is 11.3. The van der Waals surface area contributed by atoms with E-state index in [1.807, 2.05) is 0 Å². The molecular formula is C42H80N8O8. The van der Waals surface area contributed by atoms with E-state index in [2.05, 4.69) is 31.9 Å². The van der Waals surface area contributed by atoms with Gasteiger partial charge in [0.15, 0.2) is 0 Å². The zero-order valence-electron chi connectivity index (χ0n) is 35.6. The second-order valence-electron chi connectivity index (χ2n) is 15.1. The summed E-state index contributed by atoms with van der Waals surface area (Å²) >= 11 is 0. The molecule has 0 saturated heterocycles. The lowest BCUT2D eigenvalue weighted by Gasteiger charge is -2.14. The maximum atomic E-state index is 12.1. The molecule has 0 spiro atoms. The molecule has 0 rings (SSSR count). The maximum absolute atomic E-state index is 12.1. The topological polar surface area (TPSA) is 264 Å². The molecule has 0 saturated carbocycles. The molecule has 0 radical (unpaired) electrons. The first kappa shape index (κ1) is 54.2. The van der Waals surface area contributed by atoms with E-state index in [4.69, 9.17) is 11.5 Å². The van der Waals surface area contributed by atoms with E-state index in [1.165, 1.54) is 0 Å². The second kappa shape index (κ2) is 40.0. The zero-order chi connectivity index (χ0) is 42.9. The number of carboxylic acids is 1. The average Bonchev–Trinajstić information content (AvgIpc) is 3.19. The maximum Gasteiger partial charge on any atom is 0.326 e. The minimum absolute atomic E-state index is 0.0122. The van der Waals surface area contributed by atoms with Crippen LogP contribution in [0.25, 0.3) is 0 Å². The van der Waals surface area contributed by atoms with Crippen molar-refractivity contribution in [1.82, 2.24) is 31.9 Å². The highest BCUT2D eigenvalue weighted by Gasteiger charge is 2.19. The molecule has 6 amide bonds. The summed E-state index contributed by atoms with van der Waals surface area (Å²) in [5.74, 6) is -1.15. The van der Waals surface area contributed by atoms with E-state index < -0.39 is 12.0 Å². The van der Waals surface area contributed by atoms with Crippen molar-refractivity contribution in [3.8, 4) is 0 Å². The molecule has 0 heterocycles. The summed E-state index contributed by atoms with van der Waals surface area (Å²) in [7, 11) is 0. The Hall–Kier alpha value is -3.79. The standard InChI is InChI=1S/C42H80N8O8/c43-28-14-1-7-22-36(51)45-30-16-2-8-23-37(52)46-31-17-3-9-24-38(53)47-32-18-4-10-25-39(54)48-33-19-5-11-26-40(55)49-34-20-6-12-27-41(56)50-35(42(57)58)21-13-15-29-44/h35H,1-34,43-44H2,(H,45,51)(H,46,52)(H,47,53)(H,48,54)(H,49,55)(H,50,56)(H,57,58)/t35-/m0/s1. The van der Waals surface area contributed by atoms with Crippen molar-refractivity contribution in [2.45, 2.75) is 179 Å². The fourth-order valence-corrected chi connectivity index (χ4v) is 6.14. The van der Waals surface area contributed by atoms with Gasteiger partial charge in [-0.1, -0.05) is 38.5 Å². The number of unbranched alkanes of at least 4 members (excludes halogenated alkanes) is 13. The number of carbonyl (C=O) groups is 7. The van der Waals surface area contributed by atoms with Gasteiger partial charge in [0.2, 0.25) is 35.4 Å². The Labute approximate surface area is 348 Å². The van der Waals surface area contributed by atoms with Gasteiger partial charge in [0, 0.05) is 71.2 Å². The molecule has 0 aliphatic heterocycles. The number of amides is 6. The lowest BCUT2D eigenvalue weighted by Crippen LogP contribution is -2.40. The van der Waals surface area contributed by atoms with Gasteiger partial charge in [0.25, 0.3) is 0 Å². The van der Waals surface area contributed by atoms with E-state index in [0.29, 0.717) is 97.2 Å². The fraction of sp³-hybridized carbons (Fsp3) is 0.833. The number of carboxylic acid groups (broad SMARTS) is 1. The van der Waals surface area contributed by atoms with Gasteiger partial charge in [-0.3, -0.25) is 28.8 Å². The quantitative estimate of drug-likeness (QED) is 0.0405. The number of nitrogens with two attached hydrogens (primary N) is 2. The molecule has 0 aromatic heterocycles. The van der Waals surface area contributed by atoms with Crippen molar-refractivity contribution in [3.05, 3.63) is 0 Å². The molecule has 16 nitrogen and oxygen atoms in total. The average molecular weight is 825 g/mol. The zero-order valence-corrected chi connectivity index (χ0v) is 35.6. The summed E-state index contributed by atoms with van der Waals surface area (Å²) in [6.07, 6.45) is 19.1. The van der Waals surface area contributed by atoms with Crippen LogP contribution in [0.4, 0.5) is 0 Å². The first-order valence-electron chi connectivity index (χ1n) is 22.3. The molecule has 11 N–H and O–H groups in total. The van der Waals surface area contributed by atoms with Crippen LogP contribution in [0.1, 0.15) is 173 Å². The molecule has 0 aromatic carbocycles. The molecule has 1 atom stereocenters. The van der Waals surface area contributed by atoms with Crippen LogP contribution in [0.2, 0.25) is 0 Å². The van der Waals surface area contributed by atoms with E-state index in [9.17, 15) is 38.7 Å². The second-order valence-corrected chi connectivity index (χ2v) is 15.1. The van der Waals surface area contributed by atoms with Crippen LogP contribution in [0.15, 0.2) is 0 Å². The van der Waals surface area contributed by atoms with Crippen LogP contribution in [-0.2, 0) is 33.6 Å². The monoisotopic (exact) mass is 825 g/mol. The Morgan fingerprint density at radius 3 is 0.879 bits per heavy atom. The van der Waals surface area contributed by atoms with Gasteiger partial charge in [-0.15, -0.1) is 0 Å². The van der Waals surface area contributed by atoms with Crippen LogP contribution in [0.5, 0.6) is 0 Å². The van der Waals surface area contributed by atoms with Crippen LogP contribution < -0.4 is 43.4 Å². The molecule has 0 unspecified atom stereocenters.